The summed E-state index contributed by atoms with van der Waals surface area (Å²) in [6, 6.07) is 9.95. The van der Waals surface area contributed by atoms with Crippen molar-refractivity contribution in [2.24, 2.45) is 0 Å². The lowest BCUT2D eigenvalue weighted by Gasteiger charge is -2.33. The number of thiophene rings is 1. The van der Waals surface area contributed by atoms with Crippen LogP contribution in [0.5, 0.6) is 0 Å². The van der Waals surface area contributed by atoms with Crippen LogP contribution < -0.4 is 10.9 Å². The molecule has 0 atom stereocenters. The van der Waals surface area contributed by atoms with Crippen LogP contribution in [0.2, 0.25) is 0 Å². The van der Waals surface area contributed by atoms with Gasteiger partial charge in [0, 0.05) is 49.4 Å². The summed E-state index contributed by atoms with van der Waals surface area (Å²) in [6.45, 7) is 3.62. The van der Waals surface area contributed by atoms with Gasteiger partial charge in [-0.25, -0.2) is 13.2 Å². The Bertz CT molecular complexity index is 1230. The van der Waals surface area contributed by atoms with E-state index >= 15 is 0 Å². The number of carbonyl (C=O) groups is 1. The zero-order valence-electron chi connectivity index (χ0n) is 16.3. The van der Waals surface area contributed by atoms with Crippen LogP contribution in [-0.4, -0.2) is 56.3 Å². The lowest BCUT2D eigenvalue weighted by atomic mass is 10.1. The van der Waals surface area contributed by atoms with Crippen molar-refractivity contribution in [3.63, 3.8) is 0 Å². The van der Waals surface area contributed by atoms with E-state index in [1.165, 1.54) is 21.7 Å². The van der Waals surface area contributed by atoms with Gasteiger partial charge in [-0.3, -0.25) is 9.69 Å². The number of hydrogen-bond acceptors (Lipinski definition) is 7. The largest absolute Gasteiger partial charge is 0.423 e. The van der Waals surface area contributed by atoms with Crippen LogP contribution in [0, 0.1) is 6.92 Å². The van der Waals surface area contributed by atoms with Gasteiger partial charge in [0.05, 0.1) is 6.54 Å². The van der Waals surface area contributed by atoms with Crippen molar-refractivity contribution in [3.8, 4) is 0 Å². The number of piperazine rings is 1. The molecule has 0 radical (unpaired) electrons. The molecule has 1 N–H and O–H groups in total. The minimum Gasteiger partial charge on any atom is -0.423 e. The van der Waals surface area contributed by atoms with Crippen molar-refractivity contribution in [1.82, 2.24) is 9.21 Å². The first-order chi connectivity index (χ1) is 14.3. The van der Waals surface area contributed by atoms with E-state index in [1.54, 1.807) is 35.7 Å². The number of carbonyl (C=O) groups excluding carboxylic acids is 1. The van der Waals surface area contributed by atoms with Crippen molar-refractivity contribution < 1.29 is 17.6 Å². The Balaban J connectivity index is 1.35. The summed E-state index contributed by atoms with van der Waals surface area (Å²) < 4.78 is 32.2. The van der Waals surface area contributed by atoms with E-state index < -0.39 is 15.6 Å². The Morgan fingerprint density at radius 3 is 2.63 bits per heavy atom. The number of hydrogen-bond donors (Lipinski definition) is 1. The maximum atomic E-state index is 12.6. The van der Waals surface area contributed by atoms with Crippen molar-refractivity contribution in [2.45, 2.75) is 11.1 Å². The van der Waals surface area contributed by atoms with Crippen LogP contribution in [0.1, 0.15) is 5.56 Å². The second-order valence-corrected chi connectivity index (χ2v) is 10.2. The molecule has 8 nitrogen and oxygen atoms in total. The number of amides is 1. The fourth-order valence-corrected chi connectivity index (χ4v) is 6.04. The van der Waals surface area contributed by atoms with E-state index in [0.29, 0.717) is 41.7 Å². The Labute approximate surface area is 177 Å². The number of rotatable bonds is 5. The highest BCUT2D eigenvalue weighted by molar-refractivity contribution is 7.91. The van der Waals surface area contributed by atoms with E-state index in [4.69, 9.17) is 4.42 Å². The van der Waals surface area contributed by atoms with Crippen LogP contribution in [-0.2, 0) is 14.8 Å². The summed E-state index contributed by atoms with van der Waals surface area (Å²) in [5.41, 5.74) is 1.35. The summed E-state index contributed by atoms with van der Waals surface area (Å²) in [5, 5.41) is 5.37. The van der Waals surface area contributed by atoms with Crippen LogP contribution in [0.3, 0.4) is 0 Å². The number of nitrogens with one attached hydrogen (secondary N) is 1. The second kappa shape index (κ2) is 8.31. The molecular formula is C20H21N3O5S2. The molecule has 2 aromatic heterocycles. The first kappa shape index (κ1) is 20.7. The quantitative estimate of drug-likeness (QED) is 0.602. The van der Waals surface area contributed by atoms with Crippen LogP contribution in [0.15, 0.2) is 55.2 Å². The molecule has 10 heteroatoms. The first-order valence-electron chi connectivity index (χ1n) is 9.43. The number of fused-ring (bicyclic) bond motifs is 1. The van der Waals surface area contributed by atoms with Crippen molar-refractivity contribution in [1.29, 1.82) is 0 Å². The molecular weight excluding hydrogens is 426 g/mol. The third-order valence-electron chi connectivity index (χ3n) is 5.02. The standard InChI is InChI=1S/C20H21N3O5S2/c1-14-11-19(25)28-17-12-15(4-5-16(14)17)21-18(24)13-22-6-8-23(9-7-22)30(26,27)20-3-2-10-29-20/h2-5,10-12H,6-9,13H2,1H3,(H,21,24). The van der Waals surface area contributed by atoms with Gasteiger partial charge in [-0.15, -0.1) is 11.3 Å². The number of aryl methyl sites for hydroxylation is 1. The molecule has 4 rings (SSSR count). The van der Waals surface area contributed by atoms with Gasteiger partial charge in [0.25, 0.3) is 10.0 Å². The number of nitrogens with zero attached hydrogens (tertiary/aromatic N) is 2. The minimum atomic E-state index is -3.46. The Morgan fingerprint density at radius 2 is 1.93 bits per heavy atom. The first-order valence-corrected chi connectivity index (χ1v) is 11.8. The van der Waals surface area contributed by atoms with Gasteiger partial charge in [0.2, 0.25) is 5.91 Å². The number of anilines is 1. The molecule has 1 aromatic carbocycles. The van der Waals surface area contributed by atoms with Gasteiger partial charge < -0.3 is 9.73 Å². The minimum absolute atomic E-state index is 0.155. The molecule has 3 heterocycles. The topological polar surface area (TPSA) is 99.9 Å². The SMILES string of the molecule is Cc1cc(=O)oc2cc(NC(=O)CN3CCN(S(=O)(=O)c4cccs4)CC3)ccc12. The molecule has 0 saturated carbocycles. The Hall–Kier alpha value is -2.53. The summed E-state index contributed by atoms with van der Waals surface area (Å²) in [5.74, 6) is -0.209. The lowest BCUT2D eigenvalue weighted by molar-refractivity contribution is -0.117. The molecule has 1 saturated heterocycles. The maximum Gasteiger partial charge on any atom is 0.336 e. The Kier molecular flexibility index (Phi) is 5.74. The fourth-order valence-electron chi connectivity index (χ4n) is 3.47. The third kappa shape index (κ3) is 4.31. The number of sulfonamides is 1. The zero-order valence-corrected chi connectivity index (χ0v) is 18.0. The van der Waals surface area contributed by atoms with Crippen LogP contribution in [0.25, 0.3) is 11.0 Å². The maximum absolute atomic E-state index is 12.6. The van der Waals surface area contributed by atoms with Crippen molar-refractivity contribution in [3.05, 3.63) is 57.8 Å². The molecule has 0 bridgehead atoms. The molecule has 1 aliphatic rings. The van der Waals surface area contributed by atoms with Gasteiger partial charge in [-0.05, 0) is 36.1 Å². The summed E-state index contributed by atoms with van der Waals surface area (Å²) in [6.07, 6.45) is 0. The highest BCUT2D eigenvalue weighted by Crippen LogP contribution is 2.23. The molecule has 0 aliphatic carbocycles. The average molecular weight is 448 g/mol. The lowest BCUT2D eigenvalue weighted by Crippen LogP contribution is -2.50. The molecule has 1 amide bonds. The predicted molar refractivity (Wildman–Crippen MR) is 115 cm³/mol. The zero-order chi connectivity index (χ0) is 21.3. The van der Waals surface area contributed by atoms with Crippen LogP contribution >= 0.6 is 11.3 Å². The predicted octanol–water partition coefficient (Wildman–Crippen LogP) is 2.11. The van der Waals surface area contributed by atoms with E-state index in [2.05, 4.69) is 5.32 Å². The molecule has 3 aromatic rings. The third-order valence-corrected chi connectivity index (χ3v) is 8.29. The normalized spacial score (nSPS) is 16.0. The molecule has 30 heavy (non-hydrogen) atoms. The van der Waals surface area contributed by atoms with Crippen molar-refractivity contribution >= 4 is 43.9 Å². The monoisotopic (exact) mass is 447 g/mol. The van der Waals surface area contributed by atoms with Gasteiger partial charge in [0.15, 0.2) is 0 Å². The number of benzene rings is 1. The van der Waals surface area contributed by atoms with E-state index in [0.717, 1.165) is 10.9 Å². The van der Waals surface area contributed by atoms with Gasteiger partial charge in [0.1, 0.15) is 9.79 Å². The van der Waals surface area contributed by atoms with E-state index in [9.17, 15) is 18.0 Å². The van der Waals surface area contributed by atoms with Gasteiger partial charge in [-0.2, -0.15) is 4.31 Å². The highest BCUT2D eigenvalue weighted by atomic mass is 32.2. The highest BCUT2D eigenvalue weighted by Gasteiger charge is 2.29. The van der Waals surface area contributed by atoms with Crippen LogP contribution in [0.4, 0.5) is 5.69 Å². The molecule has 0 spiro atoms. The summed E-state index contributed by atoms with van der Waals surface area (Å²) in [7, 11) is -3.46. The van der Waals surface area contributed by atoms with E-state index in [-0.39, 0.29) is 12.5 Å². The van der Waals surface area contributed by atoms with Crippen molar-refractivity contribution in [2.75, 3.05) is 38.0 Å². The van der Waals surface area contributed by atoms with Gasteiger partial charge in [-0.1, -0.05) is 6.07 Å². The molecule has 158 valence electrons. The summed E-state index contributed by atoms with van der Waals surface area (Å²) in [4.78, 5) is 25.9. The molecule has 1 fully saturated rings. The second-order valence-electron chi connectivity index (χ2n) is 7.12. The Morgan fingerprint density at radius 1 is 1.17 bits per heavy atom. The summed E-state index contributed by atoms with van der Waals surface area (Å²) >= 11 is 1.20. The smallest absolute Gasteiger partial charge is 0.336 e. The average Bonchev–Trinajstić information content (AvgIpc) is 3.23. The van der Waals surface area contributed by atoms with Gasteiger partial charge >= 0.3 is 5.63 Å². The molecule has 0 unspecified atom stereocenters. The van der Waals surface area contributed by atoms with E-state index in [1.807, 2.05) is 11.8 Å². The fraction of sp³-hybridized carbons (Fsp3) is 0.300. The molecule has 1 aliphatic heterocycles.